The number of pyridine rings is 1. The molecule has 8 heteroatoms. The van der Waals surface area contributed by atoms with Crippen LogP contribution < -0.4 is 10.2 Å². The lowest BCUT2D eigenvalue weighted by molar-refractivity contribution is 0.189. The van der Waals surface area contributed by atoms with E-state index < -0.39 is 0 Å². The number of carbonyl (C=O) groups excluding carboxylic acids is 1. The predicted molar refractivity (Wildman–Crippen MR) is 93.0 cm³/mol. The molecule has 0 bridgehead atoms. The molecule has 3 heterocycles. The van der Waals surface area contributed by atoms with Gasteiger partial charge in [0.05, 0.1) is 18.2 Å². The molecule has 0 aliphatic carbocycles. The van der Waals surface area contributed by atoms with E-state index >= 15 is 0 Å². The zero-order valence-corrected chi connectivity index (χ0v) is 14.2. The standard InChI is InChI=1S/C17H21N7O/c1-14(13-24-6-2-4-20-24)21-17(25)23-9-7-22(8-10-23)16-11-15(12-18)3-5-19-16/h2-6,11,14H,7-10,13H2,1H3,(H,21,25)/t14-/m0/s1. The van der Waals surface area contributed by atoms with Crippen LogP contribution in [0, 0.1) is 11.3 Å². The molecule has 2 aromatic heterocycles. The number of piperazine rings is 1. The average molecular weight is 339 g/mol. The molecule has 0 aromatic carbocycles. The van der Waals surface area contributed by atoms with Crippen LogP contribution in [0.5, 0.6) is 0 Å². The molecule has 8 nitrogen and oxygen atoms in total. The highest BCUT2D eigenvalue weighted by Crippen LogP contribution is 2.14. The molecule has 0 radical (unpaired) electrons. The highest BCUT2D eigenvalue weighted by Gasteiger charge is 2.23. The van der Waals surface area contributed by atoms with E-state index in [2.05, 4.69) is 26.4 Å². The SMILES string of the molecule is C[C@@H](Cn1cccn1)NC(=O)N1CCN(c2cc(C#N)ccn2)CC1. The van der Waals surface area contributed by atoms with E-state index in [1.807, 2.05) is 24.1 Å². The molecule has 0 saturated carbocycles. The van der Waals surface area contributed by atoms with Gasteiger partial charge in [0.15, 0.2) is 0 Å². The minimum absolute atomic E-state index is 0.000550. The summed E-state index contributed by atoms with van der Waals surface area (Å²) >= 11 is 0. The molecular formula is C17H21N7O. The second-order valence-corrected chi connectivity index (χ2v) is 6.07. The minimum atomic E-state index is -0.0574. The normalized spacial score (nSPS) is 15.5. The van der Waals surface area contributed by atoms with Crippen molar-refractivity contribution in [2.75, 3.05) is 31.1 Å². The first-order chi connectivity index (χ1) is 12.2. The number of anilines is 1. The maximum Gasteiger partial charge on any atom is 0.317 e. The van der Waals surface area contributed by atoms with Gasteiger partial charge in [0.25, 0.3) is 0 Å². The fraction of sp³-hybridized carbons (Fsp3) is 0.412. The second kappa shape index (κ2) is 7.66. The van der Waals surface area contributed by atoms with Gasteiger partial charge in [0.2, 0.25) is 0 Å². The molecule has 1 atom stereocenters. The fourth-order valence-electron chi connectivity index (χ4n) is 2.84. The Morgan fingerprint density at radius 1 is 1.36 bits per heavy atom. The van der Waals surface area contributed by atoms with E-state index in [4.69, 9.17) is 5.26 Å². The Labute approximate surface area is 146 Å². The summed E-state index contributed by atoms with van der Waals surface area (Å²) in [5.74, 6) is 0.783. The van der Waals surface area contributed by atoms with Crippen molar-refractivity contribution in [2.24, 2.45) is 0 Å². The quantitative estimate of drug-likeness (QED) is 0.900. The van der Waals surface area contributed by atoms with E-state index in [1.165, 1.54) is 0 Å². The number of amides is 2. The van der Waals surface area contributed by atoms with Gasteiger partial charge in [-0.2, -0.15) is 10.4 Å². The molecule has 2 amide bonds. The maximum absolute atomic E-state index is 12.4. The number of nitrogens with zero attached hydrogens (tertiary/aromatic N) is 6. The van der Waals surface area contributed by atoms with E-state index in [0.29, 0.717) is 38.3 Å². The van der Waals surface area contributed by atoms with Crippen LogP contribution in [0.25, 0.3) is 0 Å². The molecule has 1 N–H and O–H groups in total. The van der Waals surface area contributed by atoms with Gasteiger partial charge in [-0.05, 0) is 25.1 Å². The van der Waals surface area contributed by atoms with E-state index in [0.717, 1.165) is 5.82 Å². The lowest BCUT2D eigenvalue weighted by Gasteiger charge is -2.35. The van der Waals surface area contributed by atoms with Crippen LogP contribution in [-0.2, 0) is 6.54 Å². The number of rotatable bonds is 4. The fourth-order valence-corrected chi connectivity index (χ4v) is 2.84. The number of carbonyl (C=O) groups is 1. The van der Waals surface area contributed by atoms with Crippen molar-refractivity contribution < 1.29 is 4.79 Å². The second-order valence-electron chi connectivity index (χ2n) is 6.07. The molecule has 1 fully saturated rings. The lowest BCUT2D eigenvalue weighted by atomic mass is 10.2. The summed E-state index contributed by atoms with van der Waals surface area (Å²) in [6, 6.07) is 7.40. The third-order valence-corrected chi connectivity index (χ3v) is 4.16. The van der Waals surface area contributed by atoms with Crippen LogP contribution in [-0.4, -0.2) is 57.9 Å². The summed E-state index contributed by atoms with van der Waals surface area (Å²) < 4.78 is 1.80. The summed E-state index contributed by atoms with van der Waals surface area (Å²) in [4.78, 5) is 20.6. The molecule has 25 heavy (non-hydrogen) atoms. The molecular weight excluding hydrogens is 318 g/mol. The number of hydrogen-bond acceptors (Lipinski definition) is 5. The van der Waals surface area contributed by atoms with Crippen LogP contribution >= 0.6 is 0 Å². The molecule has 0 spiro atoms. The first kappa shape index (κ1) is 16.8. The van der Waals surface area contributed by atoms with E-state index in [1.54, 1.807) is 29.2 Å². The number of nitrogens with one attached hydrogen (secondary N) is 1. The van der Waals surface area contributed by atoms with Gasteiger partial charge in [0.1, 0.15) is 5.82 Å². The molecule has 1 aliphatic heterocycles. The van der Waals surface area contributed by atoms with Crippen molar-refractivity contribution in [3.8, 4) is 6.07 Å². The predicted octanol–water partition coefficient (Wildman–Crippen LogP) is 1.07. The highest BCUT2D eigenvalue weighted by molar-refractivity contribution is 5.74. The molecule has 0 unspecified atom stereocenters. The van der Waals surface area contributed by atoms with Gasteiger partial charge >= 0.3 is 6.03 Å². The first-order valence-corrected chi connectivity index (χ1v) is 8.29. The largest absolute Gasteiger partial charge is 0.353 e. The van der Waals surface area contributed by atoms with Crippen molar-refractivity contribution in [3.63, 3.8) is 0 Å². The maximum atomic E-state index is 12.4. The van der Waals surface area contributed by atoms with Gasteiger partial charge in [0, 0.05) is 50.8 Å². The van der Waals surface area contributed by atoms with Crippen LogP contribution in [0.15, 0.2) is 36.8 Å². The van der Waals surface area contributed by atoms with Crippen LogP contribution in [0.1, 0.15) is 12.5 Å². The Morgan fingerprint density at radius 2 is 2.16 bits per heavy atom. The summed E-state index contributed by atoms with van der Waals surface area (Å²) in [7, 11) is 0. The number of urea groups is 1. The molecule has 1 saturated heterocycles. The van der Waals surface area contributed by atoms with Crippen molar-refractivity contribution in [2.45, 2.75) is 19.5 Å². The summed E-state index contributed by atoms with van der Waals surface area (Å²) in [5.41, 5.74) is 0.595. The van der Waals surface area contributed by atoms with E-state index in [9.17, 15) is 4.79 Å². The summed E-state index contributed by atoms with van der Waals surface area (Å²) in [6.07, 6.45) is 5.25. The third kappa shape index (κ3) is 4.26. The Bertz CT molecular complexity index is 745. The zero-order chi connectivity index (χ0) is 17.6. The van der Waals surface area contributed by atoms with Crippen LogP contribution in [0.3, 0.4) is 0 Å². The van der Waals surface area contributed by atoms with Crippen molar-refractivity contribution in [3.05, 3.63) is 42.4 Å². The summed E-state index contributed by atoms with van der Waals surface area (Å²) in [6.45, 7) is 5.25. The van der Waals surface area contributed by atoms with Gasteiger partial charge in [-0.1, -0.05) is 0 Å². The molecule has 130 valence electrons. The van der Waals surface area contributed by atoms with Crippen LogP contribution in [0.4, 0.5) is 10.6 Å². The van der Waals surface area contributed by atoms with Gasteiger partial charge in [-0.15, -0.1) is 0 Å². The average Bonchev–Trinajstić information content (AvgIpc) is 3.14. The van der Waals surface area contributed by atoms with Gasteiger partial charge in [-0.3, -0.25) is 4.68 Å². The Morgan fingerprint density at radius 3 is 2.84 bits per heavy atom. The monoisotopic (exact) mass is 339 g/mol. The third-order valence-electron chi connectivity index (χ3n) is 4.16. The number of aromatic nitrogens is 3. The molecule has 2 aromatic rings. The highest BCUT2D eigenvalue weighted by atomic mass is 16.2. The Hall–Kier alpha value is -3.08. The van der Waals surface area contributed by atoms with Crippen molar-refractivity contribution in [1.82, 2.24) is 25.0 Å². The van der Waals surface area contributed by atoms with Gasteiger partial charge in [-0.25, -0.2) is 9.78 Å². The van der Waals surface area contributed by atoms with Crippen molar-refractivity contribution >= 4 is 11.8 Å². The van der Waals surface area contributed by atoms with Crippen LogP contribution in [0.2, 0.25) is 0 Å². The first-order valence-electron chi connectivity index (χ1n) is 8.29. The number of nitriles is 1. The Kier molecular flexibility index (Phi) is 5.14. The topological polar surface area (TPSA) is 90.1 Å². The lowest BCUT2D eigenvalue weighted by Crippen LogP contribution is -2.53. The van der Waals surface area contributed by atoms with Crippen molar-refractivity contribution in [1.29, 1.82) is 5.26 Å². The minimum Gasteiger partial charge on any atom is -0.353 e. The smallest absolute Gasteiger partial charge is 0.317 e. The summed E-state index contributed by atoms with van der Waals surface area (Å²) in [5, 5.41) is 16.1. The molecule has 1 aliphatic rings. The Balaban J connectivity index is 1.49. The molecule has 3 rings (SSSR count). The zero-order valence-electron chi connectivity index (χ0n) is 14.2. The van der Waals surface area contributed by atoms with Gasteiger partial charge < -0.3 is 15.1 Å². The van der Waals surface area contributed by atoms with E-state index in [-0.39, 0.29) is 12.1 Å². The number of hydrogen-bond donors (Lipinski definition) is 1.